The SMILES string of the molecule is CC(C)(C)OC(=O)c1sc(-c2cccc(Br)c2Cl)cc1N. The molecule has 0 saturated heterocycles. The fraction of sp³-hybridized carbons (Fsp3) is 0.267. The zero-order valence-corrected chi connectivity index (χ0v) is 15.0. The number of hydrogen-bond acceptors (Lipinski definition) is 4. The minimum Gasteiger partial charge on any atom is -0.456 e. The van der Waals surface area contributed by atoms with Crippen molar-refractivity contribution in [1.82, 2.24) is 0 Å². The maximum Gasteiger partial charge on any atom is 0.350 e. The Labute approximate surface area is 141 Å². The summed E-state index contributed by atoms with van der Waals surface area (Å²) in [5.41, 5.74) is 6.62. The summed E-state index contributed by atoms with van der Waals surface area (Å²) in [4.78, 5) is 13.4. The second kappa shape index (κ2) is 5.99. The van der Waals surface area contributed by atoms with E-state index in [2.05, 4.69) is 15.9 Å². The molecule has 1 aromatic heterocycles. The highest BCUT2D eigenvalue weighted by Gasteiger charge is 2.23. The Morgan fingerprint density at radius 3 is 2.67 bits per heavy atom. The topological polar surface area (TPSA) is 52.3 Å². The Hall–Kier alpha value is -1.04. The minimum absolute atomic E-state index is 0.399. The number of esters is 1. The number of benzene rings is 1. The average molecular weight is 389 g/mol. The Morgan fingerprint density at radius 1 is 1.38 bits per heavy atom. The molecule has 0 radical (unpaired) electrons. The lowest BCUT2D eigenvalue weighted by atomic mass is 10.2. The Bertz CT molecular complexity index is 691. The molecule has 0 atom stereocenters. The van der Waals surface area contributed by atoms with Crippen molar-refractivity contribution in [1.29, 1.82) is 0 Å². The van der Waals surface area contributed by atoms with Crippen LogP contribution < -0.4 is 5.73 Å². The largest absolute Gasteiger partial charge is 0.456 e. The van der Waals surface area contributed by atoms with Gasteiger partial charge >= 0.3 is 5.97 Å². The van der Waals surface area contributed by atoms with Crippen LogP contribution in [0.5, 0.6) is 0 Å². The molecule has 3 nitrogen and oxygen atoms in total. The number of thiophene rings is 1. The van der Waals surface area contributed by atoms with E-state index in [4.69, 9.17) is 22.1 Å². The van der Waals surface area contributed by atoms with Crippen LogP contribution in [-0.2, 0) is 4.74 Å². The van der Waals surface area contributed by atoms with Crippen molar-refractivity contribution in [3.63, 3.8) is 0 Å². The molecule has 6 heteroatoms. The lowest BCUT2D eigenvalue weighted by Crippen LogP contribution is -2.23. The van der Waals surface area contributed by atoms with Crippen LogP contribution in [0.15, 0.2) is 28.7 Å². The predicted molar refractivity (Wildman–Crippen MR) is 92.0 cm³/mol. The summed E-state index contributed by atoms with van der Waals surface area (Å²) in [7, 11) is 0. The molecule has 0 amide bonds. The van der Waals surface area contributed by atoms with Crippen molar-refractivity contribution in [2.45, 2.75) is 26.4 Å². The van der Waals surface area contributed by atoms with E-state index in [1.54, 1.807) is 6.07 Å². The van der Waals surface area contributed by atoms with E-state index in [1.165, 1.54) is 11.3 Å². The van der Waals surface area contributed by atoms with Crippen LogP contribution in [0.25, 0.3) is 10.4 Å². The van der Waals surface area contributed by atoms with Crippen LogP contribution in [0.1, 0.15) is 30.4 Å². The van der Waals surface area contributed by atoms with Crippen LogP contribution in [-0.4, -0.2) is 11.6 Å². The van der Waals surface area contributed by atoms with Gasteiger partial charge in [0.1, 0.15) is 10.5 Å². The van der Waals surface area contributed by atoms with Gasteiger partial charge in [-0.3, -0.25) is 0 Å². The number of nitrogen functional groups attached to an aromatic ring is 1. The molecule has 1 aromatic carbocycles. The van der Waals surface area contributed by atoms with E-state index in [-0.39, 0.29) is 0 Å². The van der Waals surface area contributed by atoms with Crippen molar-refractivity contribution in [2.24, 2.45) is 0 Å². The van der Waals surface area contributed by atoms with Crippen LogP contribution >= 0.6 is 38.9 Å². The molecule has 21 heavy (non-hydrogen) atoms. The van der Waals surface area contributed by atoms with Gasteiger partial charge in [0.15, 0.2) is 0 Å². The summed E-state index contributed by atoms with van der Waals surface area (Å²) in [6.07, 6.45) is 0. The number of nitrogens with two attached hydrogens (primary N) is 1. The smallest absolute Gasteiger partial charge is 0.350 e. The van der Waals surface area contributed by atoms with E-state index in [0.29, 0.717) is 15.6 Å². The molecule has 2 aromatic rings. The summed E-state index contributed by atoms with van der Waals surface area (Å²) >= 11 is 10.9. The van der Waals surface area contributed by atoms with Gasteiger partial charge in [-0.15, -0.1) is 11.3 Å². The van der Waals surface area contributed by atoms with Gasteiger partial charge in [-0.25, -0.2) is 4.79 Å². The van der Waals surface area contributed by atoms with Crippen LogP contribution in [0.3, 0.4) is 0 Å². The molecule has 0 aliphatic carbocycles. The summed E-state index contributed by atoms with van der Waals surface area (Å²) in [5, 5.41) is 0.592. The van der Waals surface area contributed by atoms with Crippen molar-refractivity contribution < 1.29 is 9.53 Å². The third-order valence-electron chi connectivity index (χ3n) is 2.56. The molecule has 0 aliphatic rings. The third kappa shape index (κ3) is 3.78. The van der Waals surface area contributed by atoms with Gasteiger partial charge in [0.2, 0.25) is 0 Å². The second-order valence-corrected chi connectivity index (χ2v) is 7.78. The first-order chi connectivity index (χ1) is 9.69. The minimum atomic E-state index is -0.554. The quantitative estimate of drug-likeness (QED) is 0.704. The van der Waals surface area contributed by atoms with Crippen LogP contribution in [0.2, 0.25) is 5.02 Å². The van der Waals surface area contributed by atoms with Gasteiger partial charge in [-0.05, 0) is 48.8 Å². The zero-order valence-electron chi connectivity index (χ0n) is 11.9. The molecule has 0 bridgehead atoms. The van der Waals surface area contributed by atoms with Gasteiger partial charge < -0.3 is 10.5 Å². The molecule has 2 rings (SSSR count). The first-order valence-electron chi connectivity index (χ1n) is 6.26. The maximum atomic E-state index is 12.1. The standard InChI is InChI=1S/C15H15BrClNO2S/c1-15(2,3)20-14(19)13-10(18)7-11(21-13)8-5-4-6-9(16)12(8)17/h4-7H,18H2,1-3H3. The van der Waals surface area contributed by atoms with Gasteiger partial charge in [-0.2, -0.15) is 0 Å². The Kier molecular flexibility index (Phi) is 4.66. The molecule has 0 fully saturated rings. The number of ether oxygens (including phenoxy) is 1. The molecular formula is C15H15BrClNO2S. The number of anilines is 1. The molecule has 2 N–H and O–H groups in total. The van der Waals surface area contributed by atoms with E-state index < -0.39 is 11.6 Å². The lowest BCUT2D eigenvalue weighted by Gasteiger charge is -2.18. The second-order valence-electron chi connectivity index (χ2n) is 5.50. The predicted octanol–water partition coefficient (Wildman–Crippen LogP) is 5.37. The van der Waals surface area contributed by atoms with Gasteiger partial charge in [0.25, 0.3) is 0 Å². The van der Waals surface area contributed by atoms with E-state index in [1.807, 2.05) is 39.0 Å². The molecule has 0 saturated carbocycles. The van der Waals surface area contributed by atoms with Crippen molar-refractivity contribution >= 4 is 50.5 Å². The zero-order chi connectivity index (χ0) is 15.8. The highest BCUT2D eigenvalue weighted by atomic mass is 79.9. The summed E-state index contributed by atoms with van der Waals surface area (Å²) in [6, 6.07) is 7.38. The van der Waals surface area contributed by atoms with Gasteiger partial charge in [0.05, 0.1) is 10.7 Å². The van der Waals surface area contributed by atoms with E-state index in [0.717, 1.165) is 14.9 Å². The molecular weight excluding hydrogens is 374 g/mol. The van der Waals surface area contributed by atoms with E-state index in [9.17, 15) is 4.79 Å². The van der Waals surface area contributed by atoms with Crippen molar-refractivity contribution in [3.8, 4) is 10.4 Å². The number of carbonyl (C=O) groups excluding carboxylic acids is 1. The third-order valence-corrected chi connectivity index (χ3v) is 5.02. The molecule has 112 valence electrons. The van der Waals surface area contributed by atoms with Crippen molar-refractivity contribution in [3.05, 3.63) is 38.6 Å². The molecule has 0 aliphatic heterocycles. The first kappa shape index (κ1) is 16.3. The summed E-state index contributed by atoms with van der Waals surface area (Å²) in [6.45, 7) is 5.46. The van der Waals surface area contributed by atoms with Crippen molar-refractivity contribution in [2.75, 3.05) is 5.73 Å². The van der Waals surface area contributed by atoms with Crippen LogP contribution in [0.4, 0.5) is 5.69 Å². The lowest BCUT2D eigenvalue weighted by molar-refractivity contribution is 0.00764. The average Bonchev–Trinajstić information content (AvgIpc) is 2.72. The van der Waals surface area contributed by atoms with Crippen LogP contribution in [0, 0.1) is 0 Å². The fourth-order valence-electron chi connectivity index (χ4n) is 1.72. The molecule has 1 heterocycles. The monoisotopic (exact) mass is 387 g/mol. The number of rotatable bonds is 2. The first-order valence-corrected chi connectivity index (χ1v) is 8.25. The van der Waals surface area contributed by atoms with Gasteiger partial charge in [0, 0.05) is 14.9 Å². The maximum absolute atomic E-state index is 12.1. The Balaban J connectivity index is 2.40. The highest BCUT2D eigenvalue weighted by Crippen LogP contribution is 2.40. The fourth-order valence-corrected chi connectivity index (χ4v) is 3.35. The number of carbonyl (C=O) groups is 1. The Morgan fingerprint density at radius 2 is 2.05 bits per heavy atom. The number of hydrogen-bond donors (Lipinski definition) is 1. The normalized spacial score (nSPS) is 11.5. The summed E-state index contributed by atoms with van der Waals surface area (Å²) in [5.74, 6) is -0.414. The van der Waals surface area contributed by atoms with E-state index >= 15 is 0 Å². The molecule has 0 unspecified atom stereocenters. The highest BCUT2D eigenvalue weighted by molar-refractivity contribution is 9.10. The summed E-state index contributed by atoms with van der Waals surface area (Å²) < 4.78 is 6.16. The number of halogens is 2. The van der Waals surface area contributed by atoms with Gasteiger partial charge in [-0.1, -0.05) is 23.7 Å². The molecule has 0 spiro atoms.